The van der Waals surface area contributed by atoms with Crippen LogP contribution in [0.15, 0.2) is 12.3 Å². The molecule has 0 aliphatic carbocycles. The lowest BCUT2D eigenvalue weighted by Crippen LogP contribution is -2.45. The summed E-state index contributed by atoms with van der Waals surface area (Å²) in [5.41, 5.74) is 6.31. The van der Waals surface area contributed by atoms with Gasteiger partial charge in [-0.05, 0) is 26.8 Å². The normalized spacial score (nSPS) is 11.4. The molecule has 0 unspecified atom stereocenters. The van der Waals surface area contributed by atoms with Crippen molar-refractivity contribution in [2.24, 2.45) is 12.8 Å². The van der Waals surface area contributed by atoms with E-state index in [4.69, 9.17) is 5.73 Å². The van der Waals surface area contributed by atoms with Gasteiger partial charge in [0.15, 0.2) is 5.78 Å². The minimum absolute atomic E-state index is 0.0567. The Morgan fingerprint density at radius 1 is 1.47 bits per heavy atom. The highest BCUT2D eigenvalue weighted by Crippen LogP contribution is 2.08. The number of carbonyl (C=O) groups excluding carboxylic acids is 2. The second-order valence-electron chi connectivity index (χ2n) is 4.95. The third kappa shape index (κ3) is 3.71. The summed E-state index contributed by atoms with van der Waals surface area (Å²) in [6.07, 6.45) is 1.64. The van der Waals surface area contributed by atoms with Gasteiger partial charge in [0.2, 0.25) is 0 Å². The smallest absolute Gasteiger partial charge is 0.267 e. The van der Waals surface area contributed by atoms with E-state index in [0.717, 1.165) is 0 Å². The summed E-state index contributed by atoms with van der Waals surface area (Å²) in [5, 5.41) is 2.74. The summed E-state index contributed by atoms with van der Waals surface area (Å²) in [7, 11) is 1.73. The van der Waals surface area contributed by atoms with Crippen LogP contribution in [0.5, 0.6) is 0 Å². The fourth-order valence-electron chi connectivity index (χ4n) is 1.38. The molecule has 1 heterocycles. The average molecular weight is 237 g/mol. The number of ketones is 1. The van der Waals surface area contributed by atoms with E-state index in [1.54, 1.807) is 23.9 Å². The lowest BCUT2D eigenvalue weighted by atomic mass is 10.1. The molecule has 0 saturated carbocycles. The average Bonchev–Trinajstić information content (AvgIpc) is 2.56. The van der Waals surface area contributed by atoms with Crippen LogP contribution in [0.25, 0.3) is 0 Å². The molecule has 1 aromatic heterocycles. The molecule has 0 radical (unpaired) electrons. The molecule has 0 saturated heterocycles. The topological polar surface area (TPSA) is 77.1 Å². The minimum atomic E-state index is -0.454. The number of hydrogen-bond donors (Lipinski definition) is 2. The van der Waals surface area contributed by atoms with E-state index < -0.39 is 5.54 Å². The number of carbonyl (C=O) groups is 2. The predicted octanol–water partition coefficient (Wildman–Crippen LogP) is 0.695. The number of aromatic nitrogens is 1. The SMILES string of the molecule is CC(=O)c1cc(C(=O)NCC(C)(C)N)n(C)c1. The van der Waals surface area contributed by atoms with Crippen molar-refractivity contribution in [3.63, 3.8) is 0 Å². The van der Waals surface area contributed by atoms with Gasteiger partial charge in [-0.2, -0.15) is 0 Å². The van der Waals surface area contributed by atoms with Gasteiger partial charge in [-0.25, -0.2) is 0 Å². The number of nitrogens with zero attached hydrogens (tertiary/aromatic N) is 1. The lowest BCUT2D eigenvalue weighted by Gasteiger charge is -2.18. The first-order valence-corrected chi connectivity index (χ1v) is 5.45. The Bertz CT molecular complexity index is 441. The standard InChI is InChI=1S/C12H19N3O2/c1-8(16)9-5-10(15(4)6-9)11(17)14-7-12(2,3)13/h5-6H,7,13H2,1-4H3,(H,14,17). The zero-order valence-corrected chi connectivity index (χ0v) is 10.7. The van der Waals surface area contributed by atoms with Crippen molar-refractivity contribution in [1.29, 1.82) is 0 Å². The molecule has 3 N–H and O–H groups in total. The zero-order valence-electron chi connectivity index (χ0n) is 10.7. The van der Waals surface area contributed by atoms with E-state index in [0.29, 0.717) is 17.8 Å². The van der Waals surface area contributed by atoms with Crippen LogP contribution in [0.2, 0.25) is 0 Å². The van der Waals surface area contributed by atoms with Crippen LogP contribution in [-0.4, -0.2) is 28.3 Å². The molecule has 0 fully saturated rings. The molecule has 1 rings (SSSR count). The van der Waals surface area contributed by atoms with Crippen LogP contribution < -0.4 is 11.1 Å². The Balaban J connectivity index is 2.79. The maximum absolute atomic E-state index is 11.8. The van der Waals surface area contributed by atoms with Gasteiger partial charge in [0.1, 0.15) is 5.69 Å². The number of amides is 1. The van der Waals surface area contributed by atoms with E-state index in [1.807, 2.05) is 13.8 Å². The Labute approximate surface area is 101 Å². The molecule has 0 aliphatic heterocycles. The molecule has 0 atom stereocenters. The van der Waals surface area contributed by atoms with Crippen molar-refractivity contribution in [3.8, 4) is 0 Å². The molecule has 5 heteroatoms. The van der Waals surface area contributed by atoms with Crippen molar-refractivity contribution >= 4 is 11.7 Å². The summed E-state index contributed by atoms with van der Waals surface area (Å²) in [4.78, 5) is 23.0. The molecule has 0 aromatic carbocycles. The summed E-state index contributed by atoms with van der Waals surface area (Å²) in [6.45, 7) is 5.52. The Hall–Kier alpha value is -1.62. The van der Waals surface area contributed by atoms with Crippen molar-refractivity contribution in [3.05, 3.63) is 23.5 Å². The van der Waals surface area contributed by atoms with Gasteiger partial charge in [0.25, 0.3) is 5.91 Å². The van der Waals surface area contributed by atoms with E-state index >= 15 is 0 Å². The van der Waals surface area contributed by atoms with Crippen LogP contribution in [0, 0.1) is 0 Å². The highest BCUT2D eigenvalue weighted by molar-refractivity contribution is 5.99. The van der Waals surface area contributed by atoms with Crippen molar-refractivity contribution in [2.75, 3.05) is 6.54 Å². The fourth-order valence-corrected chi connectivity index (χ4v) is 1.38. The number of Topliss-reactive ketones (excluding diaryl/α,β-unsaturated/α-hetero) is 1. The van der Waals surface area contributed by atoms with Gasteiger partial charge in [0, 0.05) is 30.9 Å². The van der Waals surface area contributed by atoms with Gasteiger partial charge in [-0.15, -0.1) is 0 Å². The first-order valence-electron chi connectivity index (χ1n) is 5.45. The van der Waals surface area contributed by atoms with Crippen LogP contribution in [-0.2, 0) is 7.05 Å². The maximum Gasteiger partial charge on any atom is 0.267 e. The van der Waals surface area contributed by atoms with Crippen molar-refractivity contribution < 1.29 is 9.59 Å². The zero-order chi connectivity index (χ0) is 13.2. The summed E-state index contributed by atoms with van der Waals surface area (Å²) in [5.74, 6) is -0.280. The Morgan fingerprint density at radius 3 is 2.47 bits per heavy atom. The number of rotatable bonds is 4. The largest absolute Gasteiger partial charge is 0.349 e. The molecule has 0 bridgehead atoms. The molecule has 0 spiro atoms. The van der Waals surface area contributed by atoms with Crippen LogP contribution in [0.4, 0.5) is 0 Å². The highest BCUT2D eigenvalue weighted by Gasteiger charge is 2.16. The van der Waals surface area contributed by atoms with Gasteiger partial charge >= 0.3 is 0 Å². The molecular weight excluding hydrogens is 218 g/mol. The Morgan fingerprint density at radius 2 is 2.06 bits per heavy atom. The molecule has 94 valence electrons. The van der Waals surface area contributed by atoms with Gasteiger partial charge in [0.05, 0.1) is 0 Å². The van der Waals surface area contributed by atoms with Crippen LogP contribution in [0.1, 0.15) is 41.6 Å². The van der Waals surface area contributed by atoms with E-state index in [9.17, 15) is 9.59 Å². The second-order valence-corrected chi connectivity index (χ2v) is 4.95. The molecule has 17 heavy (non-hydrogen) atoms. The van der Waals surface area contributed by atoms with Gasteiger partial charge in [-0.1, -0.05) is 0 Å². The maximum atomic E-state index is 11.8. The van der Waals surface area contributed by atoms with E-state index in [1.165, 1.54) is 6.92 Å². The number of nitrogens with two attached hydrogens (primary N) is 1. The molecule has 5 nitrogen and oxygen atoms in total. The first-order chi connectivity index (χ1) is 7.70. The van der Waals surface area contributed by atoms with Crippen LogP contribution >= 0.6 is 0 Å². The monoisotopic (exact) mass is 237 g/mol. The minimum Gasteiger partial charge on any atom is -0.349 e. The number of nitrogens with one attached hydrogen (secondary N) is 1. The highest BCUT2D eigenvalue weighted by atomic mass is 16.2. The molecule has 0 aliphatic rings. The summed E-state index contributed by atoms with van der Waals surface area (Å²) < 4.78 is 1.63. The van der Waals surface area contributed by atoms with Gasteiger partial charge < -0.3 is 15.6 Å². The molecular formula is C12H19N3O2. The summed E-state index contributed by atoms with van der Waals surface area (Å²) in [6, 6.07) is 1.58. The third-order valence-electron chi connectivity index (χ3n) is 2.35. The van der Waals surface area contributed by atoms with Crippen LogP contribution in [0.3, 0.4) is 0 Å². The first kappa shape index (κ1) is 13.4. The second kappa shape index (κ2) is 4.71. The Kier molecular flexibility index (Phi) is 3.72. The number of hydrogen-bond acceptors (Lipinski definition) is 3. The van der Waals surface area contributed by atoms with Gasteiger partial charge in [-0.3, -0.25) is 9.59 Å². The fraction of sp³-hybridized carbons (Fsp3) is 0.500. The third-order valence-corrected chi connectivity index (χ3v) is 2.35. The lowest BCUT2D eigenvalue weighted by molar-refractivity contribution is 0.0937. The molecule has 1 amide bonds. The van der Waals surface area contributed by atoms with E-state index in [2.05, 4.69) is 5.32 Å². The predicted molar refractivity (Wildman–Crippen MR) is 66.0 cm³/mol. The quantitative estimate of drug-likeness (QED) is 0.756. The van der Waals surface area contributed by atoms with Crippen molar-refractivity contribution in [2.45, 2.75) is 26.3 Å². The van der Waals surface area contributed by atoms with Crippen molar-refractivity contribution in [1.82, 2.24) is 9.88 Å². The number of aryl methyl sites for hydroxylation is 1. The van der Waals surface area contributed by atoms with E-state index in [-0.39, 0.29) is 11.7 Å². The molecule has 1 aromatic rings. The summed E-state index contributed by atoms with van der Waals surface area (Å²) >= 11 is 0.